The van der Waals surface area contributed by atoms with Crippen LogP contribution in [0.15, 0.2) is 65.7 Å². The molecule has 1 amide bonds. The van der Waals surface area contributed by atoms with Gasteiger partial charge in [0.2, 0.25) is 5.91 Å². The number of aryl methyl sites for hydroxylation is 1. The number of benzene rings is 2. The van der Waals surface area contributed by atoms with Crippen molar-refractivity contribution in [3.8, 4) is 11.3 Å². The van der Waals surface area contributed by atoms with Gasteiger partial charge in [-0.05, 0) is 36.2 Å². The number of alkyl halides is 3. The van der Waals surface area contributed by atoms with E-state index >= 15 is 0 Å². The first-order chi connectivity index (χ1) is 13.8. The number of nitrogens with zero attached hydrogens (tertiary/aromatic N) is 2. The quantitative estimate of drug-likeness (QED) is 0.699. The van der Waals surface area contributed by atoms with Crippen molar-refractivity contribution in [3.63, 3.8) is 0 Å². The molecule has 150 valence electrons. The Kier molecular flexibility index (Phi) is 5.81. The third-order valence-electron chi connectivity index (χ3n) is 4.35. The Morgan fingerprint density at radius 3 is 2.28 bits per heavy atom. The van der Waals surface area contributed by atoms with Crippen LogP contribution >= 0.6 is 0 Å². The highest BCUT2D eigenvalue weighted by molar-refractivity contribution is 5.90. The van der Waals surface area contributed by atoms with Gasteiger partial charge < -0.3 is 5.32 Å². The minimum atomic E-state index is -4.43. The van der Waals surface area contributed by atoms with Gasteiger partial charge in [-0.1, -0.05) is 31.2 Å². The standard InChI is InChI=1S/C21H18F3N3O2/c1-2-14-3-9-17(10-4-14)26-19(28)12-27-13-25-18(11-20(27)29)15-5-7-16(8-6-15)21(22,23)24/h3-11,13H,2,12H2,1H3,(H,26,28). The van der Waals surface area contributed by atoms with E-state index in [1.165, 1.54) is 24.5 Å². The molecule has 1 N–H and O–H groups in total. The van der Waals surface area contributed by atoms with E-state index in [4.69, 9.17) is 0 Å². The predicted octanol–water partition coefficient (Wildman–Crippen LogP) is 4.13. The molecule has 2 aromatic carbocycles. The average molecular weight is 401 g/mol. The number of aromatic nitrogens is 2. The number of carbonyl (C=O) groups is 1. The number of anilines is 1. The van der Waals surface area contributed by atoms with Gasteiger partial charge in [-0.2, -0.15) is 13.2 Å². The number of hydrogen-bond donors (Lipinski definition) is 1. The second-order valence-electron chi connectivity index (χ2n) is 6.41. The molecule has 0 saturated carbocycles. The molecule has 0 fully saturated rings. The summed E-state index contributed by atoms with van der Waals surface area (Å²) in [5.41, 5.74) is 1.11. The Bertz CT molecular complexity index is 1060. The van der Waals surface area contributed by atoms with E-state index in [0.717, 1.165) is 28.7 Å². The van der Waals surface area contributed by atoms with Gasteiger partial charge in [0, 0.05) is 17.3 Å². The smallest absolute Gasteiger partial charge is 0.325 e. The van der Waals surface area contributed by atoms with Crippen LogP contribution in [0.2, 0.25) is 0 Å². The Hall–Kier alpha value is -3.42. The molecule has 0 radical (unpaired) electrons. The van der Waals surface area contributed by atoms with Crippen LogP contribution in [0.4, 0.5) is 18.9 Å². The molecule has 8 heteroatoms. The molecule has 0 bridgehead atoms. The maximum atomic E-state index is 12.6. The Balaban J connectivity index is 1.70. The third-order valence-corrected chi connectivity index (χ3v) is 4.35. The van der Waals surface area contributed by atoms with Crippen molar-refractivity contribution in [1.82, 2.24) is 9.55 Å². The first-order valence-corrected chi connectivity index (χ1v) is 8.89. The van der Waals surface area contributed by atoms with Crippen LogP contribution in [-0.2, 0) is 23.9 Å². The molecule has 0 atom stereocenters. The molecule has 0 spiro atoms. The lowest BCUT2D eigenvalue weighted by Gasteiger charge is -2.09. The zero-order valence-corrected chi connectivity index (χ0v) is 15.5. The summed E-state index contributed by atoms with van der Waals surface area (Å²) in [7, 11) is 0. The van der Waals surface area contributed by atoms with E-state index < -0.39 is 17.3 Å². The molecule has 0 aliphatic heterocycles. The van der Waals surface area contributed by atoms with Gasteiger partial charge >= 0.3 is 6.18 Å². The molecule has 3 rings (SSSR count). The second kappa shape index (κ2) is 8.30. The Morgan fingerprint density at radius 2 is 1.72 bits per heavy atom. The summed E-state index contributed by atoms with van der Waals surface area (Å²) in [5.74, 6) is -0.388. The molecule has 3 aromatic rings. The van der Waals surface area contributed by atoms with Crippen LogP contribution < -0.4 is 10.9 Å². The van der Waals surface area contributed by atoms with Gasteiger partial charge in [0.15, 0.2) is 0 Å². The molecular formula is C21H18F3N3O2. The Morgan fingerprint density at radius 1 is 1.07 bits per heavy atom. The lowest BCUT2D eigenvalue weighted by molar-refractivity contribution is -0.137. The zero-order valence-electron chi connectivity index (χ0n) is 15.5. The SMILES string of the molecule is CCc1ccc(NC(=O)Cn2cnc(-c3ccc(C(F)(F)F)cc3)cc2=O)cc1. The fraction of sp³-hybridized carbons (Fsp3) is 0.190. The number of nitrogens with one attached hydrogen (secondary N) is 1. The molecule has 1 aromatic heterocycles. The summed E-state index contributed by atoms with van der Waals surface area (Å²) < 4.78 is 39.1. The molecule has 0 unspecified atom stereocenters. The van der Waals surface area contributed by atoms with Crippen molar-refractivity contribution >= 4 is 11.6 Å². The van der Waals surface area contributed by atoms with Crippen LogP contribution in [0.25, 0.3) is 11.3 Å². The monoisotopic (exact) mass is 401 g/mol. The van der Waals surface area contributed by atoms with Crippen LogP contribution in [0.5, 0.6) is 0 Å². The Labute approximate surface area is 164 Å². The van der Waals surface area contributed by atoms with Crippen LogP contribution in [0, 0.1) is 0 Å². The summed E-state index contributed by atoms with van der Waals surface area (Å²) in [6.45, 7) is 1.80. The predicted molar refractivity (Wildman–Crippen MR) is 103 cm³/mol. The molecule has 5 nitrogen and oxygen atoms in total. The molecule has 0 saturated heterocycles. The highest BCUT2D eigenvalue weighted by Crippen LogP contribution is 2.30. The van der Waals surface area contributed by atoms with E-state index in [0.29, 0.717) is 11.3 Å². The van der Waals surface area contributed by atoms with Gasteiger partial charge in [0.1, 0.15) is 6.54 Å². The van der Waals surface area contributed by atoms with E-state index in [2.05, 4.69) is 10.3 Å². The first-order valence-electron chi connectivity index (χ1n) is 8.89. The minimum Gasteiger partial charge on any atom is -0.325 e. The molecule has 1 heterocycles. The van der Waals surface area contributed by atoms with E-state index in [-0.39, 0.29) is 18.1 Å². The van der Waals surface area contributed by atoms with E-state index in [9.17, 15) is 22.8 Å². The lowest BCUT2D eigenvalue weighted by atomic mass is 10.1. The van der Waals surface area contributed by atoms with E-state index in [1.807, 2.05) is 19.1 Å². The van der Waals surface area contributed by atoms with Crippen molar-refractivity contribution in [3.05, 3.63) is 82.4 Å². The van der Waals surface area contributed by atoms with Gasteiger partial charge in [-0.15, -0.1) is 0 Å². The van der Waals surface area contributed by atoms with Gasteiger partial charge in [-0.3, -0.25) is 14.2 Å². The van der Waals surface area contributed by atoms with Gasteiger partial charge in [-0.25, -0.2) is 4.98 Å². The molecular weight excluding hydrogens is 383 g/mol. The fourth-order valence-electron chi connectivity index (χ4n) is 2.71. The topological polar surface area (TPSA) is 64.0 Å². The summed E-state index contributed by atoms with van der Waals surface area (Å²) in [6, 6.07) is 12.9. The molecule has 0 aliphatic carbocycles. The zero-order chi connectivity index (χ0) is 21.0. The minimum absolute atomic E-state index is 0.228. The number of rotatable bonds is 5. The summed E-state index contributed by atoms with van der Waals surface area (Å²) in [6.07, 6.45) is -2.34. The van der Waals surface area contributed by atoms with Crippen LogP contribution in [-0.4, -0.2) is 15.5 Å². The normalized spacial score (nSPS) is 11.3. The summed E-state index contributed by atoms with van der Waals surface area (Å²) >= 11 is 0. The molecule has 29 heavy (non-hydrogen) atoms. The van der Waals surface area contributed by atoms with Crippen LogP contribution in [0.1, 0.15) is 18.1 Å². The number of amides is 1. The fourth-order valence-corrected chi connectivity index (χ4v) is 2.71. The van der Waals surface area contributed by atoms with Crippen molar-refractivity contribution in [2.45, 2.75) is 26.1 Å². The summed E-state index contributed by atoms with van der Waals surface area (Å²) in [4.78, 5) is 28.5. The number of halogens is 3. The maximum absolute atomic E-state index is 12.6. The first kappa shape index (κ1) is 20.3. The van der Waals surface area contributed by atoms with Gasteiger partial charge in [0.05, 0.1) is 17.6 Å². The number of hydrogen-bond acceptors (Lipinski definition) is 3. The van der Waals surface area contributed by atoms with Crippen LogP contribution in [0.3, 0.4) is 0 Å². The highest BCUT2D eigenvalue weighted by atomic mass is 19.4. The van der Waals surface area contributed by atoms with Crippen molar-refractivity contribution in [2.24, 2.45) is 0 Å². The van der Waals surface area contributed by atoms with Crippen molar-refractivity contribution in [2.75, 3.05) is 5.32 Å². The summed E-state index contributed by atoms with van der Waals surface area (Å²) in [5, 5.41) is 2.70. The average Bonchev–Trinajstić information content (AvgIpc) is 2.69. The highest BCUT2D eigenvalue weighted by Gasteiger charge is 2.30. The second-order valence-corrected chi connectivity index (χ2v) is 6.41. The molecule has 0 aliphatic rings. The maximum Gasteiger partial charge on any atom is 0.416 e. The lowest BCUT2D eigenvalue weighted by Crippen LogP contribution is -2.27. The van der Waals surface area contributed by atoms with Crippen molar-refractivity contribution < 1.29 is 18.0 Å². The van der Waals surface area contributed by atoms with Crippen molar-refractivity contribution in [1.29, 1.82) is 0 Å². The third kappa shape index (κ3) is 5.10. The number of carbonyl (C=O) groups excluding carboxylic acids is 1. The van der Waals surface area contributed by atoms with E-state index in [1.54, 1.807) is 12.1 Å². The van der Waals surface area contributed by atoms with Gasteiger partial charge in [0.25, 0.3) is 5.56 Å². The largest absolute Gasteiger partial charge is 0.416 e.